The summed E-state index contributed by atoms with van der Waals surface area (Å²) in [5, 5.41) is 11.6. The van der Waals surface area contributed by atoms with Crippen molar-refractivity contribution in [2.75, 3.05) is 25.6 Å². The first-order valence-electron chi connectivity index (χ1n) is 5.75. The predicted octanol–water partition coefficient (Wildman–Crippen LogP) is 1.53. The predicted molar refractivity (Wildman–Crippen MR) is 68.9 cm³/mol. The molecule has 6 nitrogen and oxygen atoms in total. The van der Waals surface area contributed by atoms with Crippen molar-refractivity contribution in [3.63, 3.8) is 0 Å². The highest BCUT2D eigenvalue weighted by molar-refractivity contribution is 5.92. The molecule has 19 heavy (non-hydrogen) atoms. The number of aromatic nitrogens is 1. The number of anilines is 1. The zero-order valence-electron chi connectivity index (χ0n) is 10.4. The number of hydrogen-bond donors (Lipinski definition) is 2. The molecule has 2 N–H and O–H groups in total. The largest absolute Gasteiger partial charge is 0.464 e. The number of aliphatic hydroxyl groups is 1. The summed E-state index contributed by atoms with van der Waals surface area (Å²) in [5.41, 5.74) is 0.819. The van der Waals surface area contributed by atoms with Crippen molar-refractivity contribution < 1.29 is 19.1 Å². The number of nitrogens with one attached hydrogen (secondary N) is 1. The van der Waals surface area contributed by atoms with Crippen LogP contribution in [0.4, 0.5) is 5.88 Å². The van der Waals surface area contributed by atoms with E-state index >= 15 is 0 Å². The van der Waals surface area contributed by atoms with Crippen molar-refractivity contribution in [2.45, 2.75) is 0 Å². The van der Waals surface area contributed by atoms with Crippen molar-refractivity contribution >= 4 is 11.9 Å². The molecule has 1 heterocycles. The van der Waals surface area contributed by atoms with Crippen LogP contribution < -0.4 is 5.32 Å². The van der Waals surface area contributed by atoms with E-state index in [2.05, 4.69) is 15.0 Å². The molecule has 2 rings (SSSR count). The summed E-state index contributed by atoms with van der Waals surface area (Å²) < 4.78 is 10.1. The van der Waals surface area contributed by atoms with E-state index in [1.165, 1.54) is 7.11 Å². The van der Waals surface area contributed by atoms with Gasteiger partial charge in [0.15, 0.2) is 0 Å². The number of esters is 1. The van der Waals surface area contributed by atoms with Crippen molar-refractivity contribution in [1.29, 1.82) is 0 Å². The van der Waals surface area contributed by atoms with Crippen LogP contribution in [0.1, 0.15) is 10.5 Å². The van der Waals surface area contributed by atoms with Crippen LogP contribution in [0, 0.1) is 0 Å². The first-order valence-corrected chi connectivity index (χ1v) is 5.75. The maximum absolute atomic E-state index is 11.6. The first-order chi connectivity index (χ1) is 9.26. The molecule has 1 aromatic carbocycles. The lowest BCUT2D eigenvalue weighted by molar-refractivity contribution is 0.0595. The summed E-state index contributed by atoms with van der Waals surface area (Å²) in [6.45, 7) is 0.176. The van der Waals surface area contributed by atoms with E-state index in [0.29, 0.717) is 5.89 Å². The van der Waals surface area contributed by atoms with Crippen molar-refractivity contribution in [1.82, 2.24) is 4.98 Å². The smallest absolute Gasteiger partial charge is 0.362 e. The van der Waals surface area contributed by atoms with E-state index in [1.54, 1.807) is 0 Å². The molecule has 0 fully saturated rings. The Labute approximate surface area is 110 Å². The highest BCUT2D eigenvalue weighted by Crippen LogP contribution is 2.25. The molecule has 0 aliphatic carbocycles. The van der Waals surface area contributed by atoms with E-state index in [9.17, 15) is 4.79 Å². The van der Waals surface area contributed by atoms with E-state index in [1.807, 2.05) is 30.3 Å². The Morgan fingerprint density at radius 2 is 2.16 bits per heavy atom. The van der Waals surface area contributed by atoms with Gasteiger partial charge in [-0.3, -0.25) is 0 Å². The summed E-state index contributed by atoms with van der Waals surface area (Å²) in [4.78, 5) is 15.7. The molecule has 2 aromatic rings. The van der Waals surface area contributed by atoms with E-state index in [0.717, 1.165) is 5.56 Å². The van der Waals surface area contributed by atoms with Crippen LogP contribution in [-0.4, -0.2) is 36.3 Å². The molecule has 0 unspecified atom stereocenters. The van der Waals surface area contributed by atoms with Crippen molar-refractivity contribution in [2.24, 2.45) is 0 Å². The highest BCUT2D eigenvalue weighted by Gasteiger charge is 2.21. The second kappa shape index (κ2) is 6.01. The van der Waals surface area contributed by atoms with Crippen molar-refractivity contribution in [3.05, 3.63) is 36.0 Å². The second-order valence-corrected chi connectivity index (χ2v) is 3.70. The summed E-state index contributed by atoms with van der Waals surface area (Å²) >= 11 is 0. The van der Waals surface area contributed by atoms with Gasteiger partial charge in [-0.2, -0.15) is 4.98 Å². The summed E-state index contributed by atoms with van der Waals surface area (Å²) in [7, 11) is 1.27. The second-order valence-electron chi connectivity index (χ2n) is 3.70. The quantitative estimate of drug-likeness (QED) is 0.795. The number of hydrogen-bond acceptors (Lipinski definition) is 6. The number of ether oxygens (including phenoxy) is 1. The van der Waals surface area contributed by atoms with Gasteiger partial charge in [-0.05, 0) is 12.1 Å². The van der Waals surface area contributed by atoms with Crippen molar-refractivity contribution in [3.8, 4) is 11.5 Å². The molecule has 0 saturated heterocycles. The lowest BCUT2D eigenvalue weighted by Gasteiger charge is -2.00. The minimum atomic E-state index is -0.591. The molecular weight excluding hydrogens is 248 g/mol. The minimum absolute atomic E-state index is 0.0646. The Balaban J connectivity index is 2.36. The fourth-order valence-corrected chi connectivity index (χ4v) is 1.55. The third-order valence-electron chi connectivity index (χ3n) is 2.42. The van der Waals surface area contributed by atoms with Gasteiger partial charge in [0, 0.05) is 12.1 Å². The molecule has 1 aromatic heterocycles. The fraction of sp³-hybridized carbons (Fsp3) is 0.231. The van der Waals surface area contributed by atoms with Crippen LogP contribution in [-0.2, 0) is 4.74 Å². The van der Waals surface area contributed by atoms with Crippen LogP contribution in [0.3, 0.4) is 0 Å². The number of methoxy groups -OCH3 is 1. The zero-order valence-corrected chi connectivity index (χ0v) is 10.4. The molecule has 0 spiro atoms. The van der Waals surface area contributed by atoms with Crippen LogP contribution in [0.5, 0.6) is 0 Å². The summed E-state index contributed by atoms with van der Waals surface area (Å²) in [6, 6.07) is 9.21. The van der Waals surface area contributed by atoms with Crippen LogP contribution in [0.25, 0.3) is 11.5 Å². The average Bonchev–Trinajstić information content (AvgIpc) is 2.89. The molecule has 0 atom stereocenters. The van der Waals surface area contributed by atoms with E-state index in [4.69, 9.17) is 9.52 Å². The summed E-state index contributed by atoms with van der Waals surface area (Å²) in [6.07, 6.45) is 0. The number of oxazole rings is 1. The summed E-state index contributed by atoms with van der Waals surface area (Å²) in [5.74, 6) is -0.0763. The monoisotopic (exact) mass is 262 g/mol. The lowest BCUT2D eigenvalue weighted by Crippen LogP contribution is -2.10. The molecule has 0 amide bonds. The third-order valence-corrected chi connectivity index (χ3v) is 2.42. The molecule has 0 aliphatic heterocycles. The van der Waals surface area contributed by atoms with E-state index in [-0.39, 0.29) is 24.7 Å². The molecule has 0 bridgehead atoms. The number of aliphatic hydroxyl groups excluding tert-OH is 1. The molecule has 0 aliphatic rings. The number of benzene rings is 1. The molecule has 100 valence electrons. The third kappa shape index (κ3) is 2.92. The number of carbonyl (C=O) groups is 1. The molecule has 0 saturated carbocycles. The van der Waals surface area contributed by atoms with Gasteiger partial charge in [0.1, 0.15) is 0 Å². The topological polar surface area (TPSA) is 84.6 Å². The number of carbonyl (C=O) groups excluding carboxylic acids is 1. The Hall–Kier alpha value is -2.34. The Morgan fingerprint density at radius 3 is 2.79 bits per heavy atom. The van der Waals surface area contributed by atoms with Gasteiger partial charge in [-0.25, -0.2) is 4.79 Å². The molecular formula is C13H14N2O4. The van der Waals surface area contributed by atoms with Gasteiger partial charge >= 0.3 is 5.97 Å². The Bertz CT molecular complexity index is 551. The van der Waals surface area contributed by atoms with Crippen LogP contribution in [0.15, 0.2) is 34.7 Å². The normalized spacial score (nSPS) is 10.2. The highest BCUT2D eigenvalue weighted by atomic mass is 16.5. The SMILES string of the molecule is COC(=O)c1nc(-c2ccccc2)oc1NCCO. The molecule has 6 heteroatoms. The van der Waals surface area contributed by atoms with E-state index < -0.39 is 5.97 Å². The van der Waals surface area contributed by atoms with Gasteiger partial charge in [0.2, 0.25) is 17.5 Å². The number of nitrogens with zero attached hydrogens (tertiary/aromatic N) is 1. The standard InChI is InChI=1S/C13H14N2O4/c1-18-13(17)10-12(14-7-8-16)19-11(15-10)9-5-3-2-4-6-9/h2-6,14,16H,7-8H2,1H3. The Kier molecular flexibility index (Phi) is 4.15. The maximum Gasteiger partial charge on any atom is 0.362 e. The van der Waals surface area contributed by atoms with Crippen LogP contribution >= 0.6 is 0 Å². The average molecular weight is 262 g/mol. The minimum Gasteiger partial charge on any atom is -0.464 e. The van der Waals surface area contributed by atoms with Gasteiger partial charge in [0.25, 0.3) is 0 Å². The first kappa shape index (κ1) is 13.1. The Morgan fingerprint density at radius 1 is 1.42 bits per heavy atom. The van der Waals surface area contributed by atoms with Gasteiger partial charge in [-0.15, -0.1) is 0 Å². The lowest BCUT2D eigenvalue weighted by atomic mass is 10.2. The van der Waals surface area contributed by atoms with Crippen LogP contribution in [0.2, 0.25) is 0 Å². The zero-order chi connectivity index (χ0) is 13.7. The fourth-order valence-electron chi connectivity index (χ4n) is 1.55. The van der Waals surface area contributed by atoms with Gasteiger partial charge < -0.3 is 19.6 Å². The maximum atomic E-state index is 11.6. The molecule has 0 radical (unpaired) electrons. The van der Waals surface area contributed by atoms with Gasteiger partial charge in [0.05, 0.1) is 13.7 Å². The number of rotatable bonds is 5. The van der Waals surface area contributed by atoms with Gasteiger partial charge in [-0.1, -0.05) is 18.2 Å².